The molecule has 3 fully saturated rings. The van der Waals surface area contributed by atoms with Crippen molar-refractivity contribution in [3.05, 3.63) is 54.1 Å². The fourth-order valence-electron chi connectivity index (χ4n) is 5.98. The Hall–Kier alpha value is -2.95. The summed E-state index contributed by atoms with van der Waals surface area (Å²) in [5.41, 5.74) is 0.996. The van der Waals surface area contributed by atoms with Gasteiger partial charge in [-0.15, -0.1) is 0 Å². The standard InChI is InChI=1S/C24H22N2O3/c1-2-29-19-10-7-14-5-3-4-6-15(14)16(19)13-25-26-22(27)20-17-8-9-18(21(20)23(26)28)24(17)11-12-24/h3-10,13,17-18,20-21H,2,11-12H2,1H3/b25-13-/t17-,18-,20+,21+/m1/s1. The maximum absolute atomic E-state index is 13.1. The molecule has 0 N–H and O–H groups in total. The van der Waals surface area contributed by atoms with Crippen LogP contribution in [0.1, 0.15) is 25.3 Å². The van der Waals surface area contributed by atoms with E-state index in [1.54, 1.807) is 6.21 Å². The summed E-state index contributed by atoms with van der Waals surface area (Å²) in [5.74, 6) is 0.395. The zero-order chi connectivity index (χ0) is 19.8. The average Bonchev–Trinajstić information content (AvgIpc) is 3.34. The second-order valence-electron chi connectivity index (χ2n) is 8.59. The van der Waals surface area contributed by atoms with E-state index in [4.69, 9.17) is 4.74 Å². The van der Waals surface area contributed by atoms with Crippen molar-refractivity contribution in [2.24, 2.45) is 34.2 Å². The van der Waals surface area contributed by atoms with E-state index in [9.17, 15) is 9.59 Å². The molecule has 2 bridgehead atoms. The molecule has 0 radical (unpaired) electrons. The minimum Gasteiger partial charge on any atom is -0.493 e. The number of imide groups is 1. The van der Waals surface area contributed by atoms with Crippen molar-refractivity contribution in [2.45, 2.75) is 19.8 Å². The summed E-state index contributed by atoms with van der Waals surface area (Å²) in [6.45, 7) is 2.46. The molecule has 4 atom stereocenters. The summed E-state index contributed by atoms with van der Waals surface area (Å²) in [6, 6.07) is 11.9. The van der Waals surface area contributed by atoms with Crippen molar-refractivity contribution in [2.75, 3.05) is 6.61 Å². The van der Waals surface area contributed by atoms with E-state index in [1.165, 1.54) is 0 Å². The molecule has 2 saturated carbocycles. The number of ether oxygens (including phenoxy) is 1. The molecule has 2 aromatic carbocycles. The van der Waals surface area contributed by atoms with Crippen molar-refractivity contribution < 1.29 is 14.3 Å². The van der Waals surface area contributed by atoms with Gasteiger partial charge in [-0.3, -0.25) is 9.59 Å². The first-order valence-corrected chi connectivity index (χ1v) is 10.4. The molecule has 2 aromatic rings. The Kier molecular flexibility index (Phi) is 3.38. The maximum Gasteiger partial charge on any atom is 0.254 e. The van der Waals surface area contributed by atoms with Gasteiger partial charge < -0.3 is 4.74 Å². The van der Waals surface area contributed by atoms with Gasteiger partial charge in [-0.1, -0.05) is 42.5 Å². The number of nitrogens with zero attached hydrogens (tertiary/aromatic N) is 2. The monoisotopic (exact) mass is 386 g/mol. The molecule has 6 rings (SSSR count). The van der Waals surface area contributed by atoms with Gasteiger partial charge in [0.15, 0.2) is 0 Å². The van der Waals surface area contributed by atoms with Gasteiger partial charge in [-0.2, -0.15) is 10.1 Å². The second-order valence-corrected chi connectivity index (χ2v) is 8.59. The van der Waals surface area contributed by atoms with Crippen LogP contribution >= 0.6 is 0 Å². The van der Waals surface area contributed by atoms with Gasteiger partial charge in [0.25, 0.3) is 11.8 Å². The van der Waals surface area contributed by atoms with Crippen LogP contribution in [0.4, 0.5) is 0 Å². The molecule has 1 heterocycles. The van der Waals surface area contributed by atoms with E-state index in [-0.39, 0.29) is 40.9 Å². The number of allylic oxidation sites excluding steroid dienone is 2. The molecule has 5 heteroatoms. The topological polar surface area (TPSA) is 59.0 Å². The van der Waals surface area contributed by atoms with Gasteiger partial charge in [0.1, 0.15) is 5.75 Å². The van der Waals surface area contributed by atoms with Crippen molar-refractivity contribution in [3.63, 3.8) is 0 Å². The zero-order valence-corrected chi connectivity index (χ0v) is 16.2. The first-order chi connectivity index (χ1) is 14.2. The Labute approximate surface area is 169 Å². The lowest BCUT2D eigenvalue weighted by molar-refractivity contribution is -0.141. The summed E-state index contributed by atoms with van der Waals surface area (Å²) in [7, 11) is 0. The third-order valence-electron chi connectivity index (χ3n) is 7.36. The Morgan fingerprint density at radius 2 is 1.76 bits per heavy atom. The average molecular weight is 386 g/mol. The zero-order valence-electron chi connectivity index (χ0n) is 16.2. The molecule has 1 spiro atoms. The number of hydrogen-bond donors (Lipinski definition) is 0. The third-order valence-corrected chi connectivity index (χ3v) is 7.36. The lowest BCUT2D eigenvalue weighted by atomic mass is 9.85. The number of fused-ring (bicyclic) bond motifs is 4. The molecule has 5 nitrogen and oxygen atoms in total. The summed E-state index contributed by atoms with van der Waals surface area (Å²) in [6.07, 6.45) is 8.25. The van der Waals surface area contributed by atoms with Crippen LogP contribution in [0.2, 0.25) is 0 Å². The molecule has 0 unspecified atom stereocenters. The summed E-state index contributed by atoms with van der Waals surface area (Å²) < 4.78 is 5.78. The minimum atomic E-state index is -0.226. The van der Waals surface area contributed by atoms with Crippen molar-refractivity contribution in [3.8, 4) is 5.75 Å². The molecule has 2 amide bonds. The summed E-state index contributed by atoms with van der Waals surface area (Å²) >= 11 is 0. The van der Waals surface area contributed by atoms with Gasteiger partial charge >= 0.3 is 0 Å². The number of carbonyl (C=O) groups is 2. The van der Waals surface area contributed by atoms with E-state index in [1.807, 2.05) is 43.3 Å². The maximum atomic E-state index is 13.1. The smallest absolute Gasteiger partial charge is 0.254 e. The summed E-state index contributed by atoms with van der Waals surface area (Å²) in [4.78, 5) is 26.2. The van der Waals surface area contributed by atoms with E-state index in [0.717, 1.165) is 34.2 Å². The van der Waals surface area contributed by atoms with Crippen molar-refractivity contribution in [1.82, 2.24) is 5.01 Å². The Morgan fingerprint density at radius 1 is 1.07 bits per heavy atom. The SMILES string of the molecule is CCOc1ccc2ccccc2c1/C=N\N1C(=O)[C@@H]2[C@@H](C1=O)[C@H]1C=C[C@H]2C12CC2. The van der Waals surface area contributed by atoms with Gasteiger partial charge in [0.05, 0.1) is 24.7 Å². The van der Waals surface area contributed by atoms with Crippen LogP contribution in [-0.4, -0.2) is 29.6 Å². The minimum absolute atomic E-state index is 0.141. The molecule has 146 valence electrons. The predicted octanol–water partition coefficient (Wildman–Crippen LogP) is 3.77. The molecule has 0 aromatic heterocycles. The fourth-order valence-corrected chi connectivity index (χ4v) is 5.98. The molecule has 1 aliphatic heterocycles. The van der Waals surface area contributed by atoms with Gasteiger partial charge in [-0.25, -0.2) is 0 Å². The third kappa shape index (κ3) is 2.13. The second kappa shape index (κ2) is 5.78. The highest BCUT2D eigenvalue weighted by molar-refractivity contribution is 6.08. The van der Waals surface area contributed by atoms with E-state index >= 15 is 0 Å². The van der Waals surface area contributed by atoms with Gasteiger partial charge in [-0.05, 0) is 53.9 Å². The lowest BCUT2D eigenvalue weighted by Crippen LogP contribution is -2.30. The van der Waals surface area contributed by atoms with Crippen LogP contribution in [0.15, 0.2) is 53.7 Å². The highest BCUT2D eigenvalue weighted by Crippen LogP contribution is 2.73. The van der Waals surface area contributed by atoms with E-state index in [2.05, 4.69) is 17.3 Å². The van der Waals surface area contributed by atoms with Crippen LogP contribution in [0.25, 0.3) is 10.8 Å². The Bertz CT molecular complexity index is 1080. The normalized spacial score (nSPS) is 30.9. The molecular formula is C24H22N2O3. The van der Waals surface area contributed by atoms with Crippen molar-refractivity contribution in [1.29, 1.82) is 0 Å². The Balaban J connectivity index is 1.37. The van der Waals surface area contributed by atoms with E-state index in [0.29, 0.717) is 12.4 Å². The van der Waals surface area contributed by atoms with Crippen molar-refractivity contribution >= 4 is 28.8 Å². The van der Waals surface area contributed by atoms with E-state index < -0.39 is 0 Å². The number of hydrogen-bond acceptors (Lipinski definition) is 4. The highest BCUT2D eigenvalue weighted by atomic mass is 16.5. The van der Waals surface area contributed by atoms with Crippen LogP contribution in [0.5, 0.6) is 5.75 Å². The van der Waals surface area contributed by atoms with Crippen LogP contribution in [0, 0.1) is 29.1 Å². The molecule has 3 aliphatic carbocycles. The van der Waals surface area contributed by atoms with Crippen LogP contribution in [-0.2, 0) is 9.59 Å². The van der Waals surface area contributed by atoms with Gasteiger partial charge in [0, 0.05) is 5.56 Å². The quantitative estimate of drug-likeness (QED) is 0.457. The van der Waals surface area contributed by atoms with Gasteiger partial charge in [0.2, 0.25) is 0 Å². The fraction of sp³-hybridized carbons (Fsp3) is 0.375. The first kappa shape index (κ1) is 17.0. The number of carbonyl (C=O) groups excluding carboxylic acids is 2. The van der Waals surface area contributed by atoms with Crippen LogP contribution in [0.3, 0.4) is 0 Å². The van der Waals surface area contributed by atoms with Crippen LogP contribution < -0.4 is 4.74 Å². The number of benzene rings is 2. The summed E-state index contributed by atoms with van der Waals surface area (Å²) in [5, 5.41) is 7.57. The largest absolute Gasteiger partial charge is 0.493 e. The number of rotatable bonds is 4. The first-order valence-electron chi connectivity index (χ1n) is 10.4. The molecule has 29 heavy (non-hydrogen) atoms. The molecular weight excluding hydrogens is 364 g/mol. The number of hydrazone groups is 1. The molecule has 4 aliphatic rings. The lowest BCUT2D eigenvalue weighted by Gasteiger charge is -2.19. The Morgan fingerprint density at radius 3 is 2.41 bits per heavy atom. The highest BCUT2D eigenvalue weighted by Gasteiger charge is 2.73. The predicted molar refractivity (Wildman–Crippen MR) is 109 cm³/mol. The molecule has 1 saturated heterocycles. The number of amides is 2.